The average Bonchev–Trinajstić information content (AvgIpc) is 3.14. The van der Waals surface area contributed by atoms with Crippen molar-refractivity contribution in [2.75, 3.05) is 13.7 Å². The first kappa shape index (κ1) is 22.5. The number of aromatic nitrogens is 1. The molecule has 1 aliphatic rings. The lowest BCUT2D eigenvalue weighted by Crippen LogP contribution is -2.44. The number of methoxy groups -OCH3 is 1. The first-order chi connectivity index (χ1) is 14.7. The third kappa shape index (κ3) is 5.71. The van der Waals surface area contributed by atoms with Gasteiger partial charge in [-0.2, -0.15) is 0 Å². The zero-order chi connectivity index (χ0) is 22.6. The monoisotopic (exact) mass is 428 g/mol. The predicted molar refractivity (Wildman–Crippen MR) is 113 cm³/mol. The van der Waals surface area contributed by atoms with E-state index in [-0.39, 0.29) is 19.4 Å². The van der Waals surface area contributed by atoms with Crippen molar-refractivity contribution in [2.24, 2.45) is 0 Å². The highest BCUT2D eigenvalue weighted by atomic mass is 16.6. The first-order valence-electron chi connectivity index (χ1n) is 10.3. The number of hydrogen-bond donors (Lipinski definition) is 0. The van der Waals surface area contributed by atoms with E-state index in [1.807, 2.05) is 24.3 Å². The molecule has 31 heavy (non-hydrogen) atoms. The van der Waals surface area contributed by atoms with Gasteiger partial charge in [-0.05, 0) is 38.1 Å². The topological polar surface area (TPSA) is 95.0 Å². The highest BCUT2D eigenvalue weighted by molar-refractivity contribution is 5.85. The summed E-state index contributed by atoms with van der Waals surface area (Å²) in [6.45, 7) is 5.31. The average molecular weight is 428 g/mol. The Labute approximate surface area is 181 Å². The van der Waals surface area contributed by atoms with Crippen LogP contribution < -0.4 is 0 Å². The minimum atomic E-state index is -0.847. The van der Waals surface area contributed by atoms with Crippen LogP contribution >= 0.6 is 0 Å². The lowest BCUT2D eigenvalue weighted by molar-refractivity contribution is -0.149. The number of amides is 1. The Hall–Kier alpha value is -3.16. The molecule has 166 valence electrons. The number of benzene rings is 1. The number of nitrogens with zero attached hydrogens (tertiary/aromatic N) is 2. The van der Waals surface area contributed by atoms with Gasteiger partial charge < -0.3 is 14.2 Å². The van der Waals surface area contributed by atoms with Crippen molar-refractivity contribution in [3.63, 3.8) is 0 Å². The van der Waals surface area contributed by atoms with Crippen LogP contribution in [0.5, 0.6) is 0 Å². The van der Waals surface area contributed by atoms with E-state index in [9.17, 15) is 14.4 Å². The fourth-order valence-corrected chi connectivity index (χ4v) is 3.62. The normalized spacial score (nSPS) is 18.6. The van der Waals surface area contributed by atoms with Gasteiger partial charge >= 0.3 is 18.0 Å². The molecular formula is C23H28N2O6. The molecule has 0 bridgehead atoms. The second-order valence-electron chi connectivity index (χ2n) is 8.54. The molecular weight excluding hydrogens is 400 g/mol. The van der Waals surface area contributed by atoms with Crippen molar-refractivity contribution in [2.45, 2.75) is 57.8 Å². The number of likely N-dealkylation sites (tertiary alicyclic amines) is 1. The van der Waals surface area contributed by atoms with Gasteiger partial charge in [0.15, 0.2) is 0 Å². The maximum absolute atomic E-state index is 12.5. The summed E-state index contributed by atoms with van der Waals surface area (Å²) in [5.74, 6) is -0.959. The van der Waals surface area contributed by atoms with Crippen molar-refractivity contribution in [3.8, 4) is 0 Å². The molecule has 0 spiro atoms. The molecule has 8 heteroatoms. The summed E-state index contributed by atoms with van der Waals surface area (Å²) in [5.41, 5.74) is 0.253. The van der Waals surface area contributed by atoms with Crippen molar-refractivity contribution in [1.82, 2.24) is 9.88 Å². The van der Waals surface area contributed by atoms with Gasteiger partial charge in [-0.15, -0.1) is 0 Å². The molecule has 0 N–H and O–H groups in total. The van der Waals surface area contributed by atoms with Crippen LogP contribution in [0.3, 0.4) is 0 Å². The molecule has 1 fully saturated rings. The van der Waals surface area contributed by atoms with Crippen molar-refractivity contribution < 1.29 is 28.6 Å². The summed E-state index contributed by atoms with van der Waals surface area (Å²) in [4.78, 5) is 42.6. The number of ether oxygens (including phenoxy) is 3. The van der Waals surface area contributed by atoms with Crippen LogP contribution in [0, 0.1) is 0 Å². The molecule has 2 aromatic rings. The summed E-state index contributed by atoms with van der Waals surface area (Å²) in [6, 6.07) is 7.01. The summed E-state index contributed by atoms with van der Waals surface area (Å²) < 4.78 is 15.8. The molecule has 2 heterocycles. The van der Waals surface area contributed by atoms with Crippen LogP contribution in [-0.2, 0) is 30.2 Å². The maximum atomic E-state index is 12.5. The van der Waals surface area contributed by atoms with E-state index in [1.54, 1.807) is 33.2 Å². The molecule has 1 amide bonds. The fourth-order valence-electron chi connectivity index (χ4n) is 3.62. The molecule has 0 saturated carbocycles. The quantitative estimate of drug-likeness (QED) is 0.533. The van der Waals surface area contributed by atoms with Crippen molar-refractivity contribution in [1.29, 1.82) is 0 Å². The predicted octanol–water partition coefficient (Wildman–Crippen LogP) is 3.26. The SMILES string of the molecule is COC(=O)[C@H]1C[C@@H](OC(=O)CCc2cncc3ccccc23)CN1C(=O)OC(C)(C)C. The van der Waals surface area contributed by atoms with Crippen LogP contribution in [-0.4, -0.2) is 59.3 Å². The van der Waals surface area contributed by atoms with Gasteiger partial charge in [-0.3, -0.25) is 14.7 Å². The van der Waals surface area contributed by atoms with Gasteiger partial charge in [0, 0.05) is 30.6 Å². The Kier molecular flexibility index (Phi) is 6.77. The Morgan fingerprint density at radius 2 is 1.90 bits per heavy atom. The van der Waals surface area contributed by atoms with E-state index in [2.05, 4.69) is 4.98 Å². The minimum Gasteiger partial charge on any atom is -0.467 e. The molecule has 3 rings (SSSR count). The Morgan fingerprint density at radius 3 is 2.61 bits per heavy atom. The highest BCUT2D eigenvalue weighted by Gasteiger charge is 2.43. The van der Waals surface area contributed by atoms with E-state index in [4.69, 9.17) is 14.2 Å². The van der Waals surface area contributed by atoms with Crippen LogP contribution in [0.25, 0.3) is 10.8 Å². The van der Waals surface area contributed by atoms with E-state index < -0.39 is 35.8 Å². The molecule has 1 aromatic heterocycles. The van der Waals surface area contributed by atoms with E-state index in [0.29, 0.717) is 6.42 Å². The third-order valence-corrected chi connectivity index (χ3v) is 5.01. The summed E-state index contributed by atoms with van der Waals surface area (Å²) in [7, 11) is 1.26. The molecule has 2 atom stereocenters. The third-order valence-electron chi connectivity index (χ3n) is 5.01. The molecule has 0 unspecified atom stereocenters. The standard InChI is InChI=1S/C23H28N2O6/c1-23(2,3)31-22(28)25-14-17(11-19(25)21(27)29-4)30-20(26)10-9-16-13-24-12-15-7-5-6-8-18(15)16/h5-8,12-13,17,19H,9-11,14H2,1-4H3/t17-,19-/m1/s1. The second kappa shape index (κ2) is 9.32. The molecule has 1 aromatic carbocycles. The van der Waals surface area contributed by atoms with E-state index in [1.165, 1.54) is 12.0 Å². The lowest BCUT2D eigenvalue weighted by Gasteiger charge is -2.27. The number of aryl methyl sites for hydroxylation is 1. The number of rotatable bonds is 5. The molecule has 8 nitrogen and oxygen atoms in total. The largest absolute Gasteiger partial charge is 0.467 e. The Balaban J connectivity index is 1.61. The maximum Gasteiger partial charge on any atom is 0.411 e. The van der Waals surface area contributed by atoms with Crippen molar-refractivity contribution >= 4 is 28.8 Å². The van der Waals surface area contributed by atoms with Crippen LogP contribution in [0.1, 0.15) is 39.2 Å². The molecule has 1 saturated heterocycles. The van der Waals surface area contributed by atoms with Gasteiger partial charge in [0.2, 0.25) is 0 Å². The zero-order valence-electron chi connectivity index (χ0n) is 18.3. The summed E-state index contributed by atoms with van der Waals surface area (Å²) in [6.07, 6.45) is 3.12. The number of esters is 2. The molecule has 0 aliphatic carbocycles. The van der Waals surface area contributed by atoms with Gasteiger partial charge in [-0.25, -0.2) is 9.59 Å². The Bertz CT molecular complexity index is 963. The van der Waals surface area contributed by atoms with Gasteiger partial charge in [-0.1, -0.05) is 24.3 Å². The summed E-state index contributed by atoms with van der Waals surface area (Å²) >= 11 is 0. The number of fused-ring (bicyclic) bond motifs is 1. The van der Waals surface area contributed by atoms with Crippen LogP contribution in [0.2, 0.25) is 0 Å². The van der Waals surface area contributed by atoms with Crippen LogP contribution in [0.15, 0.2) is 36.7 Å². The minimum absolute atomic E-state index is 0.0796. The molecule has 0 radical (unpaired) electrons. The van der Waals surface area contributed by atoms with Crippen molar-refractivity contribution in [3.05, 3.63) is 42.2 Å². The molecule has 1 aliphatic heterocycles. The second-order valence-corrected chi connectivity index (χ2v) is 8.54. The number of hydrogen-bond acceptors (Lipinski definition) is 7. The number of pyridine rings is 1. The van der Waals surface area contributed by atoms with E-state index in [0.717, 1.165) is 16.3 Å². The van der Waals surface area contributed by atoms with E-state index >= 15 is 0 Å². The number of carbonyl (C=O) groups is 3. The Morgan fingerprint density at radius 1 is 1.16 bits per heavy atom. The van der Waals surface area contributed by atoms with Gasteiger partial charge in [0.25, 0.3) is 0 Å². The fraction of sp³-hybridized carbons (Fsp3) is 0.478. The summed E-state index contributed by atoms with van der Waals surface area (Å²) in [5, 5.41) is 2.06. The van der Waals surface area contributed by atoms with Gasteiger partial charge in [0.05, 0.1) is 13.7 Å². The first-order valence-corrected chi connectivity index (χ1v) is 10.3. The smallest absolute Gasteiger partial charge is 0.411 e. The lowest BCUT2D eigenvalue weighted by atomic mass is 10.0. The van der Waals surface area contributed by atoms with Crippen LogP contribution in [0.4, 0.5) is 4.79 Å². The number of carbonyl (C=O) groups excluding carboxylic acids is 3. The van der Waals surface area contributed by atoms with Gasteiger partial charge in [0.1, 0.15) is 17.7 Å². The highest BCUT2D eigenvalue weighted by Crippen LogP contribution is 2.25. The zero-order valence-corrected chi connectivity index (χ0v) is 18.3.